The summed E-state index contributed by atoms with van der Waals surface area (Å²) in [6.07, 6.45) is 9.13. The predicted molar refractivity (Wildman–Crippen MR) is 67.2 cm³/mol. The Balaban J connectivity index is 2.01. The molecule has 0 N–H and O–H groups in total. The zero-order valence-corrected chi connectivity index (χ0v) is 9.50. The van der Waals surface area contributed by atoms with Crippen LogP contribution in [-0.4, -0.2) is 6.29 Å². The highest BCUT2D eigenvalue weighted by molar-refractivity contribution is 5.78. The topological polar surface area (TPSA) is 26.3 Å². The lowest BCUT2D eigenvalue weighted by Gasteiger charge is -2.06. The van der Waals surface area contributed by atoms with Gasteiger partial charge in [0, 0.05) is 5.57 Å². The third-order valence-corrected chi connectivity index (χ3v) is 2.47. The summed E-state index contributed by atoms with van der Waals surface area (Å²) in [7, 11) is 0. The first kappa shape index (κ1) is 11.4. The van der Waals surface area contributed by atoms with Crippen LogP contribution in [0.4, 0.5) is 0 Å². The third kappa shape index (κ3) is 3.45. The minimum atomic E-state index is 0.517. The van der Waals surface area contributed by atoms with Crippen molar-refractivity contribution in [2.75, 3.05) is 0 Å². The first-order chi connectivity index (χ1) is 8.38. The van der Waals surface area contributed by atoms with Gasteiger partial charge in [0.05, 0.1) is 0 Å². The molecule has 0 bridgehead atoms. The van der Waals surface area contributed by atoms with Gasteiger partial charge in [-0.2, -0.15) is 0 Å². The van der Waals surface area contributed by atoms with E-state index in [2.05, 4.69) is 0 Å². The first-order valence-corrected chi connectivity index (χ1v) is 5.59. The van der Waals surface area contributed by atoms with Crippen LogP contribution in [0.3, 0.4) is 0 Å². The Bertz CT molecular complexity index is 467. The van der Waals surface area contributed by atoms with E-state index in [0.29, 0.717) is 12.2 Å². The molecule has 0 unspecified atom stereocenters. The third-order valence-electron chi connectivity index (χ3n) is 2.47. The minimum absolute atomic E-state index is 0.517. The summed E-state index contributed by atoms with van der Waals surface area (Å²) >= 11 is 0. The van der Waals surface area contributed by atoms with E-state index >= 15 is 0 Å². The number of benzene rings is 1. The van der Waals surface area contributed by atoms with Crippen LogP contribution < -0.4 is 0 Å². The summed E-state index contributed by atoms with van der Waals surface area (Å²) in [5, 5.41) is 0. The Hall–Kier alpha value is -2.09. The summed E-state index contributed by atoms with van der Waals surface area (Å²) in [5.74, 6) is 0.727. The SMILES string of the molecule is O=CC1=CCC=CC(OCc2ccccc2)=C1. The van der Waals surface area contributed by atoms with Crippen LogP contribution in [-0.2, 0) is 16.1 Å². The van der Waals surface area contributed by atoms with Gasteiger partial charge in [0.15, 0.2) is 0 Å². The van der Waals surface area contributed by atoms with E-state index in [1.165, 1.54) is 0 Å². The van der Waals surface area contributed by atoms with Crippen molar-refractivity contribution in [2.24, 2.45) is 0 Å². The number of allylic oxidation sites excluding steroid dienone is 5. The lowest BCUT2D eigenvalue weighted by Crippen LogP contribution is -1.92. The van der Waals surface area contributed by atoms with Gasteiger partial charge in [0.1, 0.15) is 18.7 Å². The molecule has 0 aromatic heterocycles. The van der Waals surface area contributed by atoms with Gasteiger partial charge in [-0.05, 0) is 24.1 Å². The zero-order valence-electron chi connectivity index (χ0n) is 9.50. The Morgan fingerprint density at radius 1 is 1.24 bits per heavy atom. The molecule has 2 rings (SSSR count). The van der Waals surface area contributed by atoms with Gasteiger partial charge in [0.25, 0.3) is 0 Å². The maximum atomic E-state index is 10.7. The molecule has 0 atom stereocenters. The summed E-state index contributed by atoms with van der Waals surface area (Å²) in [4.78, 5) is 10.7. The largest absolute Gasteiger partial charge is 0.489 e. The molecular formula is C15H14O2. The van der Waals surface area contributed by atoms with Crippen LogP contribution >= 0.6 is 0 Å². The van der Waals surface area contributed by atoms with Crippen molar-refractivity contribution >= 4 is 6.29 Å². The van der Waals surface area contributed by atoms with Crippen LogP contribution in [0, 0.1) is 0 Å². The minimum Gasteiger partial charge on any atom is -0.489 e. The summed E-state index contributed by atoms with van der Waals surface area (Å²) in [6.45, 7) is 0.517. The average Bonchev–Trinajstić information content (AvgIpc) is 2.62. The van der Waals surface area contributed by atoms with E-state index < -0.39 is 0 Å². The van der Waals surface area contributed by atoms with Crippen molar-refractivity contribution in [3.8, 4) is 0 Å². The highest BCUT2D eigenvalue weighted by Gasteiger charge is 2.00. The van der Waals surface area contributed by atoms with Gasteiger partial charge >= 0.3 is 0 Å². The second-order valence-electron chi connectivity index (χ2n) is 3.78. The van der Waals surface area contributed by atoms with Crippen LogP contribution in [0.5, 0.6) is 0 Å². The van der Waals surface area contributed by atoms with Crippen molar-refractivity contribution in [3.05, 3.63) is 71.5 Å². The van der Waals surface area contributed by atoms with Crippen molar-refractivity contribution in [1.29, 1.82) is 0 Å². The molecule has 0 aliphatic heterocycles. The lowest BCUT2D eigenvalue weighted by atomic mass is 10.2. The van der Waals surface area contributed by atoms with Crippen LogP contribution in [0.25, 0.3) is 0 Å². The Morgan fingerprint density at radius 3 is 2.82 bits per heavy atom. The van der Waals surface area contributed by atoms with Crippen molar-refractivity contribution in [3.63, 3.8) is 0 Å². The quantitative estimate of drug-likeness (QED) is 0.737. The summed E-state index contributed by atoms with van der Waals surface area (Å²) in [6, 6.07) is 9.95. The number of carbonyl (C=O) groups excluding carboxylic acids is 1. The highest BCUT2D eigenvalue weighted by atomic mass is 16.5. The number of hydrogen-bond donors (Lipinski definition) is 0. The van der Waals surface area contributed by atoms with Crippen LogP contribution in [0.1, 0.15) is 12.0 Å². The van der Waals surface area contributed by atoms with E-state index in [1.54, 1.807) is 6.08 Å². The molecule has 0 saturated carbocycles. The Labute approximate surface area is 101 Å². The molecule has 1 aromatic rings. The molecule has 17 heavy (non-hydrogen) atoms. The number of hydrogen-bond acceptors (Lipinski definition) is 2. The standard InChI is InChI=1S/C15H14O2/c16-11-14-8-4-5-9-15(10-14)17-12-13-6-2-1-3-7-13/h1-3,5-11H,4,12H2. The molecular weight excluding hydrogens is 212 g/mol. The van der Waals surface area contributed by atoms with E-state index in [-0.39, 0.29) is 0 Å². The molecule has 2 nitrogen and oxygen atoms in total. The smallest absolute Gasteiger partial charge is 0.149 e. The molecule has 86 valence electrons. The Kier molecular flexibility index (Phi) is 3.92. The normalized spacial score (nSPS) is 14.6. The van der Waals surface area contributed by atoms with Gasteiger partial charge in [-0.25, -0.2) is 0 Å². The molecule has 0 saturated heterocycles. The molecule has 1 aliphatic rings. The monoisotopic (exact) mass is 226 g/mol. The average molecular weight is 226 g/mol. The zero-order chi connectivity index (χ0) is 11.9. The van der Waals surface area contributed by atoms with E-state index in [0.717, 1.165) is 24.0 Å². The van der Waals surface area contributed by atoms with Crippen LogP contribution in [0.2, 0.25) is 0 Å². The second kappa shape index (κ2) is 5.85. The fourth-order valence-corrected chi connectivity index (χ4v) is 1.57. The van der Waals surface area contributed by atoms with Gasteiger partial charge < -0.3 is 4.74 Å². The van der Waals surface area contributed by atoms with Gasteiger partial charge in [0.2, 0.25) is 0 Å². The van der Waals surface area contributed by atoms with Crippen LogP contribution in [0.15, 0.2) is 66.0 Å². The van der Waals surface area contributed by atoms with Gasteiger partial charge in [-0.15, -0.1) is 0 Å². The molecule has 1 aromatic carbocycles. The highest BCUT2D eigenvalue weighted by Crippen LogP contribution is 2.13. The molecule has 2 heteroatoms. The Morgan fingerprint density at radius 2 is 2.06 bits per heavy atom. The molecule has 0 spiro atoms. The molecule has 0 heterocycles. The molecule has 1 aliphatic carbocycles. The fourth-order valence-electron chi connectivity index (χ4n) is 1.57. The maximum absolute atomic E-state index is 10.7. The van der Waals surface area contributed by atoms with Crippen molar-refractivity contribution in [2.45, 2.75) is 13.0 Å². The number of carbonyl (C=O) groups is 1. The number of rotatable bonds is 4. The van der Waals surface area contributed by atoms with Crippen molar-refractivity contribution in [1.82, 2.24) is 0 Å². The predicted octanol–water partition coefficient (Wildman–Crippen LogP) is 3.17. The molecule has 0 fully saturated rings. The molecule has 0 amide bonds. The van der Waals surface area contributed by atoms with Crippen molar-refractivity contribution < 1.29 is 9.53 Å². The van der Waals surface area contributed by atoms with Gasteiger partial charge in [-0.1, -0.05) is 42.5 Å². The molecule has 0 radical (unpaired) electrons. The number of aldehydes is 1. The van der Waals surface area contributed by atoms with E-state index in [9.17, 15) is 4.79 Å². The maximum Gasteiger partial charge on any atom is 0.149 e. The number of ether oxygens (including phenoxy) is 1. The van der Waals surface area contributed by atoms with Gasteiger partial charge in [-0.3, -0.25) is 4.79 Å². The van der Waals surface area contributed by atoms with E-state index in [1.807, 2.05) is 48.6 Å². The second-order valence-corrected chi connectivity index (χ2v) is 3.78. The fraction of sp³-hybridized carbons (Fsp3) is 0.133. The van der Waals surface area contributed by atoms with E-state index in [4.69, 9.17) is 4.74 Å². The first-order valence-electron chi connectivity index (χ1n) is 5.59. The summed E-state index contributed by atoms with van der Waals surface area (Å²) in [5.41, 5.74) is 1.78. The summed E-state index contributed by atoms with van der Waals surface area (Å²) < 4.78 is 5.66. The lowest BCUT2D eigenvalue weighted by molar-refractivity contribution is -0.104.